The summed E-state index contributed by atoms with van der Waals surface area (Å²) in [6, 6.07) is 13.3. The van der Waals surface area contributed by atoms with Gasteiger partial charge in [-0.2, -0.15) is 5.06 Å². The highest BCUT2D eigenvalue weighted by Gasteiger charge is 2.46. The van der Waals surface area contributed by atoms with Gasteiger partial charge in [0, 0.05) is 22.7 Å². The molecule has 1 aliphatic heterocycles. The zero-order chi connectivity index (χ0) is 24.2. The molecule has 180 valence electrons. The van der Waals surface area contributed by atoms with Crippen LogP contribution in [0.25, 0.3) is 0 Å². The average Bonchev–Trinajstić information content (AvgIpc) is 2.75. The molecule has 0 radical (unpaired) electrons. The fraction of sp³-hybridized carbons (Fsp3) is 0.500. The van der Waals surface area contributed by atoms with Crippen LogP contribution in [0.2, 0.25) is 0 Å². The van der Waals surface area contributed by atoms with Gasteiger partial charge in [-0.25, -0.2) is 0 Å². The highest BCUT2D eigenvalue weighted by molar-refractivity contribution is 6.10. The van der Waals surface area contributed by atoms with Gasteiger partial charge in [0.25, 0.3) is 0 Å². The summed E-state index contributed by atoms with van der Waals surface area (Å²) in [6.07, 6.45) is 0.721. The fourth-order valence-electron chi connectivity index (χ4n) is 4.81. The molecule has 2 N–H and O–H groups in total. The van der Waals surface area contributed by atoms with Crippen LogP contribution in [0.1, 0.15) is 56.5 Å². The number of hydrogen-bond donors (Lipinski definition) is 2. The van der Waals surface area contributed by atoms with E-state index in [1.165, 1.54) is 12.1 Å². The molecule has 1 atom stereocenters. The molecule has 0 spiro atoms. The number of carbonyl (C=O) groups excluding carboxylic acids is 1. The van der Waals surface area contributed by atoms with E-state index < -0.39 is 6.10 Å². The minimum atomic E-state index is -0.829. The molecule has 2 aromatic rings. The van der Waals surface area contributed by atoms with Gasteiger partial charge in [0.2, 0.25) is 0 Å². The second-order valence-electron chi connectivity index (χ2n) is 9.80. The van der Waals surface area contributed by atoms with Gasteiger partial charge in [0.15, 0.2) is 5.78 Å². The molecule has 0 bridgehead atoms. The van der Waals surface area contributed by atoms with Crippen molar-refractivity contribution in [1.29, 1.82) is 0 Å². The number of aliphatic hydroxyl groups is 1. The summed E-state index contributed by atoms with van der Waals surface area (Å²) in [5.41, 5.74) is 0.305. The third kappa shape index (κ3) is 6.12. The molecule has 0 amide bonds. The van der Waals surface area contributed by atoms with Crippen molar-refractivity contribution in [2.24, 2.45) is 0 Å². The Morgan fingerprint density at radius 2 is 1.70 bits per heavy atom. The lowest BCUT2D eigenvalue weighted by molar-refractivity contribution is -0.281. The van der Waals surface area contributed by atoms with Crippen LogP contribution in [0.15, 0.2) is 48.5 Å². The Morgan fingerprint density at radius 3 is 2.27 bits per heavy atom. The number of hydroxylamine groups is 2. The first-order valence-electron chi connectivity index (χ1n) is 11.2. The minimum Gasteiger partial charge on any atom is -0.507 e. The third-order valence-corrected chi connectivity index (χ3v) is 5.95. The predicted molar refractivity (Wildman–Crippen MR) is 125 cm³/mol. The van der Waals surface area contributed by atoms with Crippen molar-refractivity contribution >= 4 is 5.78 Å². The molecule has 0 saturated carbocycles. The SMILES string of the molecule is CON1C(C)(C)CC(OCC(O)COc2ccc(C(=O)c3ccccc3)c(O)c2)CC1(C)C. The number of aromatic hydroxyl groups is 1. The van der Waals surface area contributed by atoms with Gasteiger partial charge in [-0.3, -0.25) is 4.79 Å². The fourth-order valence-corrected chi connectivity index (χ4v) is 4.81. The molecule has 33 heavy (non-hydrogen) atoms. The summed E-state index contributed by atoms with van der Waals surface area (Å²) < 4.78 is 11.6. The standard InChI is InChI=1S/C26H35NO6/c1-25(2)14-21(15-26(3,4)27(25)31-5)33-17-19(28)16-32-20-11-12-22(23(29)13-20)24(30)18-9-7-6-8-10-18/h6-13,19,21,28-29H,14-17H2,1-5H3. The zero-order valence-corrected chi connectivity index (χ0v) is 20.1. The van der Waals surface area contributed by atoms with Gasteiger partial charge in [-0.05, 0) is 52.7 Å². The van der Waals surface area contributed by atoms with Crippen molar-refractivity contribution in [3.8, 4) is 11.5 Å². The van der Waals surface area contributed by atoms with Crippen molar-refractivity contribution in [3.05, 3.63) is 59.7 Å². The topological polar surface area (TPSA) is 88.5 Å². The first-order chi connectivity index (χ1) is 15.5. The quantitative estimate of drug-likeness (QED) is 0.551. The number of carbonyl (C=O) groups is 1. The molecule has 1 unspecified atom stereocenters. The Kier molecular flexibility index (Phi) is 7.80. The second kappa shape index (κ2) is 10.2. The highest BCUT2D eigenvalue weighted by atomic mass is 16.7. The van der Waals surface area contributed by atoms with Crippen LogP contribution >= 0.6 is 0 Å². The van der Waals surface area contributed by atoms with Crippen molar-refractivity contribution < 1.29 is 29.3 Å². The Bertz CT molecular complexity index is 925. The van der Waals surface area contributed by atoms with Crippen LogP contribution in [-0.4, -0.2) is 64.7 Å². The first kappa shape index (κ1) is 25.2. The van der Waals surface area contributed by atoms with Crippen LogP contribution in [0.4, 0.5) is 0 Å². The Morgan fingerprint density at radius 1 is 1.06 bits per heavy atom. The van der Waals surface area contributed by atoms with Crippen molar-refractivity contribution in [2.75, 3.05) is 20.3 Å². The first-order valence-corrected chi connectivity index (χ1v) is 11.2. The van der Waals surface area contributed by atoms with E-state index in [9.17, 15) is 15.0 Å². The monoisotopic (exact) mass is 457 g/mol. The van der Waals surface area contributed by atoms with E-state index in [4.69, 9.17) is 14.3 Å². The van der Waals surface area contributed by atoms with E-state index in [-0.39, 0.29) is 47.5 Å². The average molecular weight is 458 g/mol. The predicted octanol–water partition coefficient (Wildman–Crippen LogP) is 3.96. The van der Waals surface area contributed by atoms with E-state index in [1.54, 1.807) is 37.4 Å². The zero-order valence-electron chi connectivity index (χ0n) is 20.1. The molecule has 7 nitrogen and oxygen atoms in total. The number of rotatable bonds is 9. The van der Waals surface area contributed by atoms with E-state index >= 15 is 0 Å². The molecule has 1 heterocycles. The van der Waals surface area contributed by atoms with E-state index in [0.29, 0.717) is 11.3 Å². The summed E-state index contributed by atoms with van der Waals surface area (Å²) in [4.78, 5) is 18.2. The van der Waals surface area contributed by atoms with Crippen LogP contribution < -0.4 is 4.74 Å². The normalized spacial score (nSPS) is 19.2. The molecule has 0 aromatic heterocycles. The molecule has 3 rings (SSSR count). The van der Waals surface area contributed by atoms with Crippen molar-refractivity contribution in [2.45, 2.75) is 63.8 Å². The van der Waals surface area contributed by atoms with Gasteiger partial charge in [-0.15, -0.1) is 0 Å². The van der Waals surface area contributed by atoms with Crippen molar-refractivity contribution in [3.63, 3.8) is 0 Å². The van der Waals surface area contributed by atoms with E-state index in [2.05, 4.69) is 27.7 Å². The molecule has 7 heteroatoms. The maximum absolute atomic E-state index is 12.5. The summed E-state index contributed by atoms with van der Waals surface area (Å²) in [7, 11) is 1.69. The molecule has 1 aliphatic rings. The van der Waals surface area contributed by atoms with Crippen LogP contribution in [0.3, 0.4) is 0 Å². The second-order valence-corrected chi connectivity index (χ2v) is 9.80. The summed E-state index contributed by atoms with van der Waals surface area (Å²) in [6.45, 7) is 8.62. The van der Waals surface area contributed by atoms with Gasteiger partial charge >= 0.3 is 0 Å². The van der Waals surface area contributed by atoms with Crippen LogP contribution in [0.5, 0.6) is 11.5 Å². The number of benzene rings is 2. The van der Waals surface area contributed by atoms with Gasteiger partial charge in [0.05, 0.1) is 25.4 Å². The maximum atomic E-state index is 12.5. The smallest absolute Gasteiger partial charge is 0.196 e. The van der Waals surface area contributed by atoms with Gasteiger partial charge in [0.1, 0.15) is 24.2 Å². The molecule has 2 aromatic carbocycles. The minimum absolute atomic E-state index is 0.00905. The number of ketones is 1. The third-order valence-electron chi connectivity index (χ3n) is 5.95. The molecule has 1 fully saturated rings. The van der Waals surface area contributed by atoms with Crippen LogP contribution in [0, 0.1) is 0 Å². The molecule has 0 aliphatic carbocycles. The maximum Gasteiger partial charge on any atom is 0.196 e. The molecular formula is C26H35NO6. The number of phenolic OH excluding ortho intramolecular Hbond substituents is 1. The van der Waals surface area contributed by atoms with Crippen molar-refractivity contribution in [1.82, 2.24) is 5.06 Å². The van der Waals surface area contributed by atoms with Crippen LogP contribution in [-0.2, 0) is 9.57 Å². The molecular weight excluding hydrogens is 422 g/mol. The summed E-state index contributed by atoms with van der Waals surface area (Å²) in [5.74, 6) is -0.0632. The number of hydrogen-bond acceptors (Lipinski definition) is 7. The number of nitrogens with zero attached hydrogens (tertiary/aromatic N) is 1. The summed E-state index contributed by atoms with van der Waals surface area (Å²) >= 11 is 0. The number of phenols is 1. The largest absolute Gasteiger partial charge is 0.507 e. The summed E-state index contributed by atoms with van der Waals surface area (Å²) in [5, 5.41) is 22.7. The Hall–Kier alpha value is -2.45. The number of aliphatic hydroxyl groups excluding tert-OH is 1. The van der Waals surface area contributed by atoms with E-state index in [1.807, 2.05) is 11.1 Å². The lowest BCUT2D eigenvalue weighted by atomic mass is 9.80. The Labute approximate surface area is 195 Å². The lowest BCUT2D eigenvalue weighted by Crippen LogP contribution is -2.61. The number of piperidine rings is 1. The number of ether oxygens (including phenoxy) is 2. The molecule has 1 saturated heterocycles. The van der Waals surface area contributed by atoms with Gasteiger partial charge < -0.3 is 24.5 Å². The van der Waals surface area contributed by atoms with E-state index in [0.717, 1.165) is 12.8 Å². The highest BCUT2D eigenvalue weighted by Crippen LogP contribution is 2.39. The lowest BCUT2D eigenvalue weighted by Gasteiger charge is -2.53. The van der Waals surface area contributed by atoms with Gasteiger partial charge in [-0.1, -0.05) is 30.3 Å². The Balaban J connectivity index is 1.51.